The SMILES string of the molecule is CC(c1ccc(Cl)cc1)C(CNC(=O)C1(c2ccccc2)CC1)c1ccccc1. The summed E-state index contributed by atoms with van der Waals surface area (Å²) in [5, 5.41) is 4.02. The molecule has 2 unspecified atom stereocenters. The summed E-state index contributed by atoms with van der Waals surface area (Å²) in [7, 11) is 0. The van der Waals surface area contributed by atoms with Gasteiger partial charge in [-0.1, -0.05) is 91.3 Å². The van der Waals surface area contributed by atoms with E-state index >= 15 is 0 Å². The predicted molar refractivity (Wildman–Crippen MR) is 119 cm³/mol. The maximum absolute atomic E-state index is 13.1. The average Bonchev–Trinajstić information content (AvgIpc) is 3.58. The molecular formula is C26H26ClNO. The molecule has 1 aliphatic carbocycles. The van der Waals surface area contributed by atoms with Crippen LogP contribution < -0.4 is 5.32 Å². The third kappa shape index (κ3) is 4.23. The minimum Gasteiger partial charge on any atom is -0.355 e. The van der Waals surface area contributed by atoms with Crippen LogP contribution in [-0.2, 0) is 10.2 Å². The van der Waals surface area contributed by atoms with E-state index in [1.54, 1.807) is 0 Å². The molecular weight excluding hydrogens is 378 g/mol. The number of nitrogens with one attached hydrogen (secondary N) is 1. The lowest BCUT2D eigenvalue weighted by Crippen LogP contribution is -2.38. The van der Waals surface area contributed by atoms with Crippen molar-refractivity contribution in [3.63, 3.8) is 0 Å². The molecule has 0 aromatic heterocycles. The quantitative estimate of drug-likeness (QED) is 0.509. The van der Waals surface area contributed by atoms with Crippen molar-refractivity contribution in [3.8, 4) is 0 Å². The third-order valence-electron chi connectivity index (χ3n) is 6.22. The molecule has 3 aromatic rings. The van der Waals surface area contributed by atoms with Gasteiger partial charge in [-0.3, -0.25) is 4.79 Å². The van der Waals surface area contributed by atoms with Gasteiger partial charge >= 0.3 is 0 Å². The van der Waals surface area contributed by atoms with Gasteiger partial charge in [-0.25, -0.2) is 0 Å². The molecule has 0 radical (unpaired) electrons. The Kier molecular flexibility index (Phi) is 5.73. The molecule has 0 saturated heterocycles. The fourth-order valence-corrected chi connectivity index (χ4v) is 4.31. The van der Waals surface area contributed by atoms with Crippen molar-refractivity contribution in [2.45, 2.75) is 37.0 Å². The molecule has 1 saturated carbocycles. The lowest BCUT2D eigenvalue weighted by molar-refractivity contribution is -0.123. The van der Waals surface area contributed by atoms with Crippen LogP contribution in [-0.4, -0.2) is 12.5 Å². The first kappa shape index (κ1) is 19.7. The lowest BCUT2D eigenvalue weighted by atomic mass is 9.82. The second-order valence-electron chi connectivity index (χ2n) is 8.02. The molecule has 2 atom stereocenters. The number of carbonyl (C=O) groups is 1. The van der Waals surface area contributed by atoms with Crippen molar-refractivity contribution in [1.82, 2.24) is 5.32 Å². The van der Waals surface area contributed by atoms with Gasteiger partial charge in [0.25, 0.3) is 0 Å². The van der Waals surface area contributed by atoms with Gasteiger partial charge in [0.15, 0.2) is 0 Å². The Morgan fingerprint density at radius 2 is 1.48 bits per heavy atom. The predicted octanol–water partition coefficient (Wildman–Crippen LogP) is 6.08. The number of rotatable bonds is 7. The van der Waals surface area contributed by atoms with E-state index in [0.29, 0.717) is 6.54 Å². The highest BCUT2D eigenvalue weighted by Crippen LogP contribution is 2.48. The summed E-state index contributed by atoms with van der Waals surface area (Å²) in [5.74, 6) is 0.586. The number of amides is 1. The molecule has 1 amide bonds. The highest BCUT2D eigenvalue weighted by atomic mass is 35.5. The Morgan fingerprint density at radius 1 is 0.897 bits per heavy atom. The van der Waals surface area contributed by atoms with E-state index in [-0.39, 0.29) is 23.2 Å². The number of hydrogen-bond acceptors (Lipinski definition) is 1. The van der Waals surface area contributed by atoms with E-state index in [4.69, 9.17) is 11.6 Å². The Labute approximate surface area is 177 Å². The van der Waals surface area contributed by atoms with Gasteiger partial charge in [-0.2, -0.15) is 0 Å². The summed E-state index contributed by atoms with van der Waals surface area (Å²) in [6, 6.07) is 28.6. The molecule has 1 fully saturated rings. The lowest BCUT2D eigenvalue weighted by Gasteiger charge is -2.27. The number of hydrogen-bond donors (Lipinski definition) is 1. The van der Waals surface area contributed by atoms with Crippen molar-refractivity contribution >= 4 is 17.5 Å². The molecule has 3 aromatic carbocycles. The first-order valence-electron chi connectivity index (χ1n) is 10.2. The van der Waals surface area contributed by atoms with Crippen LogP contribution in [0.25, 0.3) is 0 Å². The smallest absolute Gasteiger partial charge is 0.230 e. The molecule has 29 heavy (non-hydrogen) atoms. The van der Waals surface area contributed by atoms with E-state index < -0.39 is 0 Å². The fourth-order valence-electron chi connectivity index (χ4n) is 4.18. The van der Waals surface area contributed by atoms with Gasteiger partial charge in [-0.05, 0) is 47.6 Å². The molecule has 3 heteroatoms. The van der Waals surface area contributed by atoms with Crippen LogP contribution >= 0.6 is 11.6 Å². The van der Waals surface area contributed by atoms with E-state index in [1.807, 2.05) is 36.4 Å². The summed E-state index contributed by atoms with van der Waals surface area (Å²) in [4.78, 5) is 13.1. The number of benzene rings is 3. The Balaban J connectivity index is 1.53. The van der Waals surface area contributed by atoms with Crippen LogP contribution in [0.2, 0.25) is 5.02 Å². The number of carbonyl (C=O) groups excluding carboxylic acids is 1. The van der Waals surface area contributed by atoms with Gasteiger partial charge in [0.2, 0.25) is 5.91 Å². The monoisotopic (exact) mass is 403 g/mol. The molecule has 0 spiro atoms. The molecule has 1 N–H and O–H groups in total. The first-order chi connectivity index (χ1) is 14.1. The van der Waals surface area contributed by atoms with E-state index in [0.717, 1.165) is 23.4 Å². The maximum Gasteiger partial charge on any atom is 0.230 e. The Hall–Kier alpha value is -2.58. The molecule has 1 aliphatic rings. The zero-order valence-electron chi connectivity index (χ0n) is 16.6. The van der Waals surface area contributed by atoms with Crippen molar-refractivity contribution < 1.29 is 4.79 Å². The van der Waals surface area contributed by atoms with Gasteiger partial charge in [0.1, 0.15) is 0 Å². The molecule has 148 valence electrons. The maximum atomic E-state index is 13.1. The van der Waals surface area contributed by atoms with Crippen molar-refractivity contribution in [1.29, 1.82) is 0 Å². The largest absolute Gasteiger partial charge is 0.355 e. The normalized spacial score (nSPS) is 16.6. The Morgan fingerprint density at radius 3 is 2.07 bits per heavy atom. The van der Waals surface area contributed by atoms with Crippen LogP contribution in [0.4, 0.5) is 0 Å². The molecule has 4 rings (SSSR count). The van der Waals surface area contributed by atoms with Crippen LogP contribution in [0.1, 0.15) is 48.3 Å². The van der Waals surface area contributed by atoms with Crippen LogP contribution in [0.15, 0.2) is 84.9 Å². The van der Waals surface area contributed by atoms with Crippen molar-refractivity contribution in [2.75, 3.05) is 6.54 Å². The van der Waals surface area contributed by atoms with Crippen LogP contribution in [0, 0.1) is 0 Å². The molecule has 2 nitrogen and oxygen atoms in total. The van der Waals surface area contributed by atoms with E-state index in [9.17, 15) is 4.79 Å². The van der Waals surface area contributed by atoms with Crippen molar-refractivity contribution in [3.05, 3.63) is 107 Å². The summed E-state index contributed by atoms with van der Waals surface area (Å²) in [6.07, 6.45) is 1.84. The van der Waals surface area contributed by atoms with E-state index in [2.05, 4.69) is 60.8 Å². The highest BCUT2D eigenvalue weighted by molar-refractivity contribution is 6.30. The standard InChI is InChI=1S/C26H26ClNO/c1-19(20-12-14-23(27)15-13-20)24(21-8-4-2-5-9-21)18-28-25(29)26(16-17-26)22-10-6-3-7-11-22/h2-15,19,24H,16-18H2,1H3,(H,28,29). The average molecular weight is 404 g/mol. The van der Waals surface area contributed by atoms with Crippen molar-refractivity contribution in [2.24, 2.45) is 0 Å². The van der Waals surface area contributed by atoms with Gasteiger partial charge in [0.05, 0.1) is 5.41 Å². The summed E-state index contributed by atoms with van der Waals surface area (Å²) >= 11 is 6.07. The minimum atomic E-state index is -0.341. The van der Waals surface area contributed by atoms with E-state index in [1.165, 1.54) is 11.1 Å². The second kappa shape index (κ2) is 8.42. The second-order valence-corrected chi connectivity index (χ2v) is 8.45. The molecule has 0 aliphatic heterocycles. The van der Waals surface area contributed by atoms with Gasteiger partial charge in [0, 0.05) is 17.5 Å². The third-order valence-corrected chi connectivity index (χ3v) is 6.47. The fraction of sp³-hybridized carbons (Fsp3) is 0.269. The summed E-state index contributed by atoms with van der Waals surface area (Å²) in [6.45, 7) is 2.83. The Bertz CT molecular complexity index is 949. The first-order valence-corrected chi connectivity index (χ1v) is 10.6. The van der Waals surface area contributed by atoms with Crippen LogP contribution in [0.3, 0.4) is 0 Å². The van der Waals surface area contributed by atoms with Gasteiger partial charge < -0.3 is 5.32 Å². The van der Waals surface area contributed by atoms with Gasteiger partial charge in [-0.15, -0.1) is 0 Å². The highest BCUT2D eigenvalue weighted by Gasteiger charge is 2.51. The summed E-state index contributed by atoms with van der Waals surface area (Å²) in [5.41, 5.74) is 3.24. The topological polar surface area (TPSA) is 29.1 Å². The summed E-state index contributed by atoms with van der Waals surface area (Å²) < 4.78 is 0. The number of halogens is 1. The zero-order valence-corrected chi connectivity index (χ0v) is 17.4. The minimum absolute atomic E-state index is 0.146. The molecule has 0 heterocycles. The zero-order chi connectivity index (χ0) is 20.3. The molecule has 0 bridgehead atoms. The van der Waals surface area contributed by atoms with Crippen LogP contribution in [0.5, 0.6) is 0 Å².